The summed E-state index contributed by atoms with van der Waals surface area (Å²) < 4.78 is 11.2. The maximum atomic E-state index is 13.2. The van der Waals surface area contributed by atoms with E-state index in [0.29, 0.717) is 35.2 Å². The Hall–Kier alpha value is -1.40. The van der Waals surface area contributed by atoms with Gasteiger partial charge in [0.25, 0.3) is 5.91 Å². The Morgan fingerprint density at radius 2 is 2.08 bits per heavy atom. The number of hydrogen-bond donors (Lipinski definition) is 1. The van der Waals surface area contributed by atoms with Crippen molar-refractivity contribution >= 4 is 34.2 Å². The zero-order valence-corrected chi connectivity index (χ0v) is 16.5. The zero-order valence-electron chi connectivity index (χ0n) is 14.9. The molecule has 1 heterocycles. The average molecular weight is 397 g/mol. The number of halogens is 1. The Balaban J connectivity index is 1.80. The first-order chi connectivity index (χ1) is 12.5. The minimum Gasteiger partial charge on any atom is -0.353 e. The number of fused-ring (bicyclic) bond motifs is 1. The van der Waals surface area contributed by atoms with Crippen molar-refractivity contribution in [1.29, 1.82) is 0 Å². The third kappa shape index (κ3) is 4.29. The largest absolute Gasteiger partial charge is 0.353 e. The molecule has 0 unspecified atom stereocenters. The first-order valence-electron chi connectivity index (χ1n) is 9.13. The Morgan fingerprint density at radius 1 is 1.31 bits per heavy atom. The molecule has 1 saturated heterocycles. The quantitative estimate of drug-likeness (QED) is 0.831. The fourth-order valence-electron chi connectivity index (χ4n) is 4.19. The summed E-state index contributed by atoms with van der Waals surface area (Å²) in [5.74, 6) is 0.539. The highest BCUT2D eigenvalue weighted by Crippen LogP contribution is 2.40. The van der Waals surface area contributed by atoms with Crippen molar-refractivity contribution in [3.63, 3.8) is 0 Å². The molecule has 4 atom stereocenters. The second-order valence-electron chi connectivity index (χ2n) is 7.15. The number of likely N-dealkylation sites (tertiary alicyclic amines) is 1. The fraction of sp³-hybridized carbons (Fsp3) is 0.579. The summed E-state index contributed by atoms with van der Waals surface area (Å²) in [7, 11) is -0.951. The molecule has 5 nitrogen and oxygen atoms in total. The van der Waals surface area contributed by atoms with Gasteiger partial charge < -0.3 is 10.2 Å². The third-order valence-corrected chi connectivity index (χ3v) is 6.40. The molecule has 1 saturated carbocycles. The van der Waals surface area contributed by atoms with Crippen LogP contribution in [0.4, 0.5) is 0 Å². The number of nitrogens with zero attached hydrogens (tertiary/aromatic N) is 1. The van der Waals surface area contributed by atoms with E-state index < -0.39 is 16.8 Å². The Kier molecular flexibility index (Phi) is 6.35. The van der Waals surface area contributed by atoms with Gasteiger partial charge >= 0.3 is 0 Å². The van der Waals surface area contributed by atoms with Crippen LogP contribution in [0.25, 0.3) is 0 Å². The van der Waals surface area contributed by atoms with E-state index in [1.54, 1.807) is 35.4 Å². The van der Waals surface area contributed by atoms with Crippen molar-refractivity contribution in [3.05, 3.63) is 34.9 Å². The van der Waals surface area contributed by atoms with Gasteiger partial charge in [0.2, 0.25) is 5.91 Å². The highest BCUT2D eigenvalue weighted by Gasteiger charge is 2.47. The summed E-state index contributed by atoms with van der Waals surface area (Å²) in [6.45, 7) is 0.368. The van der Waals surface area contributed by atoms with Crippen molar-refractivity contribution < 1.29 is 13.8 Å². The van der Waals surface area contributed by atoms with Gasteiger partial charge in [-0.25, -0.2) is 0 Å². The first-order valence-corrected chi connectivity index (χ1v) is 11.2. The van der Waals surface area contributed by atoms with Crippen molar-refractivity contribution in [1.82, 2.24) is 10.2 Å². The number of carbonyl (C=O) groups is 2. The lowest BCUT2D eigenvalue weighted by atomic mass is 9.84. The van der Waals surface area contributed by atoms with E-state index in [1.165, 1.54) is 0 Å². The average Bonchev–Trinajstić information content (AvgIpc) is 3.00. The molecule has 1 aromatic rings. The minimum absolute atomic E-state index is 0.117. The monoisotopic (exact) mass is 396 g/mol. The van der Waals surface area contributed by atoms with Crippen LogP contribution in [0.3, 0.4) is 0 Å². The van der Waals surface area contributed by atoms with Crippen LogP contribution in [0.2, 0.25) is 5.02 Å². The van der Waals surface area contributed by atoms with Gasteiger partial charge in [-0.05, 0) is 43.4 Å². The van der Waals surface area contributed by atoms with Crippen molar-refractivity contribution in [3.8, 4) is 0 Å². The molecule has 0 aromatic heterocycles. The fourth-order valence-corrected chi connectivity index (χ4v) is 4.77. The standard InChI is InChI=1S/C19H25ClN2O3S/c1-26(25)10-9-21-18(23)17-12-13-5-2-3-8-16(13)22(17)19(24)14-6-4-7-15(20)11-14/h4,6-7,11,13,16-17H,2-3,5,8-10,12H2,1H3,(H,21,23)/t13-,16-,17-,26+/m0/s1. The van der Waals surface area contributed by atoms with Crippen LogP contribution < -0.4 is 5.32 Å². The van der Waals surface area contributed by atoms with E-state index in [2.05, 4.69) is 5.32 Å². The van der Waals surface area contributed by atoms with Gasteiger partial charge in [0, 0.05) is 46.0 Å². The summed E-state index contributed by atoms with van der Waals surface area (Å²) in [5, 5.41) is 3.38. The van der Waals surface area contributed by atoms with Crippen LogP contribution in [-0.4, -0.2) is 51.6 Å². The van der Waals surface area contributed by atoms with Gasteiger partial charge in [0.1, 0.15) is 6.04 Å². The molecule has 2 amide bonds. The van der Waals surface area contributed by atoms with Crippen LogP contribution in [0, 0.1) is 5.92 Å². The maximum absolute atomic E-state index is 13.2. The Labute approximate surface area is 161 Å². The second-order valence-corrected chi connectivity index (χ2v) is 9.15. The van der Waals surface area contributed by atoms with E-state index in [0.717, 1.165) is 25.7 Å². The predicted octanol–water partition coefficient (Wildman–Crippen LogP) is 2.61. The predicted molar refractivity (Wildman–Crippen MR) is 104 cm³/mol. The molecule has 1 aliphatic carbocycles. The minimum atomic E-state index is -0.951. The SMILES string of the molecule is C[S@@](=O)CCNC(=O)[C@@H]1C[C@@H]2CCCC[C@@H]2N1C(=O)c1cccc(Cl)c1. The maximum Gasteiger partial charge on any atom is 0.254 e. The van der Waals surface area contributed by atoms with Crippen LogP contribution in [-0.2, 0) is 15.6 Å². The number of rotatable bonds is 5. The van der Waals surface area contributed by atoms with Crippen molar-refractivity contribution in [2.45, 2.75) is 44.2 Å². The van der Waals surface area contributed by atoms with Gasteiger partial charge in [0.05, 0.1) is 0 Å². The lowest BCUT2D eigenvalue weighted by Crippen LogP contribution is -2.50. The Bertz CT molecular complexity index is 712. The molecule has 26 heavy (non-hydrogen) atoms. The van der Waals surface area contributed by atoms with Crippen LogP contribution >= 0.6 is 11.6 Å². The molecular formula is C19H25ClN2O3S. The van der Waals surface area contributed by atoms with Crippen LogP contribution in [0.15, 0.2) is 24.3 Å². The van der Waals surface area contributed by atoms with Gasteiger partial charge in [-0.2, -0.15) is 0 Å². The molecule has 3 rings (SSSR count). The van der Waals surface area contributed by atoms with Gasteiger partial charge in [-0.1, -0.05) is 30.5 Å². The molecule has 142 valence electrons. The van der Waals surface area contributed by atoms with E-state index in [1.807, 2.05) is 0 Å². The summed E-state index contributed by atoms with van der Waals surface area (Å²) >= 11 is 6.05. The smallest absolute Gasteiger partial charge is 0.254 e. The normalized spacial score (nSPS) is 26.2. The highest BCUT2D eigenvalue weighted by molar-refractivity contribution is 7.84. The van der Waals surface area contributed by atoms with Crippen LogP contribution in [0.5, 0.6) is 0 Å². The lowest BCUT2D eigenvalue weighted by molar-refractivity contribution is -0.125. The number of hydrogen-bond acceptors (Lipinski definition) is 3. The van der Waals surface area contributed by atoms with Crippen LogP contribution in [0.1, 0.15) is 42.5 Å². The highest BCUT2D eigenvalue weighted by atomic mass is 35.5. The molecule has 1 N–H and O–H groups in total. The van der Waals surface area contributed by atoms with E-state index in [-0.39, 0.29) is 17.9 Å². The molecule has 2 fully saturated rings. The topological polar surface area (TPSA) is 66.5 Å². The summed E-state index contributed by atoms with van der Waals surface area (Å²) in [6.07, 6.45) is 6.57. The van der Waals surface area contributed by atoms with Crippen molar-refractivity contribution in [2.24, 2.45) is 5.92 Å². The Morgan fingerprint density at radius 3 is 2.81 bits per heavy atom. The molecule has 1 aromatic carbocycles. The lowest BCUT2D eigenvalue weighted by Gasteiger charge is -2.33. The summed E-state index contributed by atoms with van der Waals surface area (Å²) in [5.41, 5.74) is 0.524. The molecule has 0 radical (unpaired) electrons. The number of amides is 2. The van der Waals surface area contributed by atoms with E-state index in [4.69, 9.17) is 11.6 Å². The van der Waals surface area contributed by atoms with E-state index in [9.17, 15) is 13.8 Å². The van der Waals surface area contributed by atoms with E-state index >= 15 is 0 Å². The molecular weight excluding hydrogens is 372 g/mol. The summed E-state index contributed by atoms with van der Waals surface area (Å²) in [6, 6.07) is 6.57. The second kappa shape index (κ2) is 8.53. The molecule has 7 heteroatoms. The van der Waals surface area contributed by atoms with Gasteiger partial charge in [-0.15, -0.1) is 0 Å². The van der Waals surface area contributed by atoms with Gasteiger partial charge in [-0.3, -0.25) is 13.8 Å². The number of benzene rings is 1. The summed E-state index contributed by atoms with van der Waals surface area (Å²) in [4.78, 5) is 27.7. The third-order valence-electron chi connectivity index (χ3n) is 5.39. The molecule has 0 bridgehead atoms. The number of carbonyl (C=O) groups excluding carboxylic acids is 2. The van der Waals surface area contributed by atoms with Gasteiger partial charge in [0.15, 0.2) is 0 Å². The molecule has 2 aliphatic rings. The van der Waals surface area contributed by atoms with Crippen molar-refractivity contribution in [2.75, 3.05) is 18.6 Å². The molecule has 0 spiro atoms. The first kappa shape index (κ1) is 19.4. The zero-order chi connectivity index (χ0) is 18.7. The number of nitrogens with one attached hydrogen (secondary N) is 1. The molecule has 1 aliphatic heterocycles.